The van der Waals surface area contributed by atoms with Gasteiger partial charge in [0.05, 0.1) is 16.8 Å². The standard InChI is InChI=1S/C14H17ClN6/c15-12-3-1-2-11(13(12)16)14-17-18-19-21(14)10-6-7-20(8-10)9-4-5-9/h1-3,9-10H,4-8,16H2. The molecule has 1 aliphatic heterocycles. The van der Waals surface area contributed by atoms with Crippen molar-refractivity contribution >= 4 is 17.3 Å². The first-order valence-electron chi connectivity index (χ1n) is 7.30. The van der Waals surface area contributed by atoms with Gasteiger partial charge in [0.2, 0.25) is 0 Å². The van der Waals surface area contributed by atoms with E-state index in [1.54, 1.807) is 6.07 Å². The number of tetrazole rings is 1. The molecule has 110 valence electrons. The van der Waals surface area contributed by atoms with Gasteiger partial charge in [-0.25, -0.2) is 4.68 Å². The molecular formula is C14H17ClN6. The lowest BCUT2D eigenvalue weighted by Crippen LogP contribution is -2.24. The Kier molecular flexibility index (Phi) is 3.08. The van der Waals surface area contributed by atoms with E-state index in [0.717, 1.165) is 31.1 Å². The number of hydrogen-bond acceptors (Lipinski definition) is 5. The fourth-order valence-electron chi connectivity index (χ4n) is 3.09. The normalized spacial score (nSPS) is 22.8. The maximum Gasteiger partial charge on any atom is 0.184 e. The molecule has 2 aliphatic rings. The van der Waals surface area contributed by atoms with E-state index < -0.39 is 0 Å². The molecule has 2 N–H and O–H groups in total. The van der Waals surface area contributed by atoms with Crippen molar-refractivity contribution in [3.8, 4) is 11.4 Å². The van der Waals surface area contributed by atoms with Crippen LogP contribution in [0.1, 0.15) is 25.3 Å². The molecule has 1 unspecified atom stereocenters. The SMILES string of the molecule is Nc1c(Cl)cccc1-c1nnnn1C1CCN(C2CC2)C1. The molecule has 1 saturated carbocycles. The number of likely N-dealkylation sites (tertiary alicyclic amines) is 1. The molecule has 1 aromatic heterocycles. The van der Waals surface area contributed by atoms with Crippen LogP contribution in [-0.4, -0.2) is 44.2 Å². The minimum atomic E-state index is 0.314. The fraction of sp³-hybridized carbons (Fsp3) is 0.500. The van der Waals surface area contributed by atoms with Crippen LogP contribution in [0.2, 0.25) is 5.02 Å². The first-order valence-corrected chi connectivity index (χ1v) is 7.68. The summed E-state index contributed by atoms with van der Waals surface area (Å²) in [5, 5.41) is 12.7. The molecule has 6 nitrogen and oxygen atoms in total. The molecule has 4 rings (SSSR count). The van der Waals surface area contributed by atoms with E-state index >= 15 is 0 Å². The van der Waals surface area contributed by atoms with Crippen molar-refractivity contribution in [1.29, 1.82) is 0 Å². The molecule has 0 amide bonds. The highest BCUT2D eigenvalue weighted by Gasteiger charge is 2.36. The Balaban J connectivity index is 1.66. The van der Waals surface area contributed by atoms with E-state index in [0.29, 0.717) is 22.6 Å². The van der Waals surface area contributed by atoms with Gasteiger partial charge in [-0.05, 0) is 41.8 Å². The van der Waals surface area contributed by atoms with E-state index in [4.69, 9.17) is 17.3 Å². The Morgan fingerprint density at radius 1 is 1.19 bits per heavy atom. The van der Waals surface area contributed by atoms with Crippen LogP contribution in [0.3, 0.4) is 0 Å². The molecule has 1 aromatic carbocycles. The lowest BCUT2D eigenvalue weighted by molar-refractivity contribution is 0.309. The summed E-state index contributed by atoms with van der Waals surface area (Å²) in [5.41, 5.74) is 7.41. The largest absolute Gasteiger partial charge is 0.397 e. The summed E-state index contributed by atoms with van der Waals surface area (Å²) in [5.74, 6) is 0.706. The van der Waals surface area contributed by atoms with Gasteiger partial charge in [0.25, 0.3) is 0 Å². The Morgan fingerprint density at radius 2 is 2.05 bits per heavy atom. The van der Waals surface area contributed by atoms with Crippen molar-refractivity contribution in [1.82, 2.24) is 25.1 Å². The fourth-order valence-corrected chi connectivity index (χ4v) is 3.26. The minimum Gasteiger partial charge on any atom is -0.397 e. The third-order valence-electron chi connectivity index (χ3n) is 4.39. The average molecular weight is 305 g/mol. The second kappa shape index (κ2) is 4.96. The molecule has 0 spiro atoms. The number of aromatic nitrogens is 4. The maximum absolute atomic E-state index is 6.10. The predicted octanol–water partition coefficient (Wildman–Crippen LogP) is 1.98. The van der Waals surface area contributed by atoms with Gasteiger partial charge in [0, 0.05) is 24.7 Å². The summed E-state index contributed by atoms with van der Waals surface area (Å²) in [4.78, 5) is 2.54. The highest BCUT2D eigenvalue weighted by atomic mass is 35.5. The van der Waals surface area contributed by atoms with Gasteiger partial charge in [-0.15, -0.1) is 5.10 Å². The predicted molar refractivity (Wildman–Crippen MR) is 80.9 cm³/mol. The zero-order valence-electron chi connectivity index (χ0n) is 11.6. The number of para-hydroxylation sites is 1. The van der Waals surface area contributed by atoms with Gasteiger partial charge in [0.1, 0.15) is 0 Å². The number of nitrogens with two attached hydrogens (primary N) is 1. The first-order chi connectivity index (χ1) is 10.2. The van der Waals surface area contributed by atoms with Crippen molar-refractivity contribution in [2.75, 3.05) is 18.8 Å². The van der Waals surface area contributed by atoms with Gasteiger partial charge in [0.15, 0.2) is 5.82 Å². The molecule has 0 bridgehead atoms. The topological polar surface area (TPSA) is 72.9 Å². The third kappa shape index (κ3) is 2.28. The van der Waals surface area contributed by atoms with Gasteiger partial charge >= 0.3 is 0 Å². The summed E-state index contributed by atoms with van der Waals surface area (Å²) in [6, 6.07) is 6.66. The molecule has 2 fully saturated rings. The molecule has 1 saturated heterocycles. The average Bonchev–Trinajstić information content (AvgIpc) is 3.02. The molecule has 7 heteroatoms. The van der Waals surface area contributed by atoms with Crippen LogP contribution >= 0.6 is 11.6 Å². The van der Waals surface area contributed by atoms with Crippen LogP contribution < -0.4 is 5.73 Å². The van der Waals surface area contributed by atoms with Gasteiger partial charge in [-0.3, -0.25) is 4.90 Å². The summed E-state index contributed by atoms with van der Waals surface area (Å²) < 4.78 is 1.91. The molecule has 1 aliphatic carbocycles. The molecule has 2 heterocycles. The maximum atomic E-state index is 6.10. The Morgan fingerprint density at radius 3 is 2.86 bits per heavy atom. The summed E-state index contributed by atoms with van der Waals surface area (Å²) >= 11 is 6.10. The lowest BCUT2D eigenvalue weighted by atomic mass is 10.1. The van der Waals surface area contributed by atoms with Gasteiger partial charge in [-0.1, -0.05) is 17.7 Å². The summed E-state index contributed by atoms with van der Waals surface area (Å²) in [6.07, 6.45) is 3.74. The van der Waals surface area contributed by atoms with Gasteiger partial charge in [-0.2, -0.15) is 0 Å². The highest BCUT2D eigenvalue weighted by molar-refractivity contribution is 6.33. The Hall–Kier alpha value is -1.66. The molecular weight excluding hydrogens is 288 g/mol. The molecule has 0 radical (unpaired) electrons. The van der Waals surface area contributed by atoms with Crippen LogP contribution in [0.25, 0.3) is 11.4 Å². The van der Waals surface area contributed by atoms with Crippen molar-refractivity contribution in [2.24, 2.45) is 0 Å². The van der Waals surface area contributed by atoms with Gasteiger partial charge < -0.3 is 5.73 Å². The van der Waals surface area contributed by atoms with E-state index in [1.807, 2.05) is 16.8 Å². The van der Waals surface area contributed by atoms with Crippen molar-refractivity contribution in [3.63, 3.8) is 0 Å². The smallest absolute Gasteiger partial charge is 0.184 e. The van der Waals surface area contributed by atoms with E-state index in [-0.39, 0.29) is 0 Å². The van der Waals surface area contributed by atoms with Crippen LogP contribution in [0, 0.1) is 0 Å². The summed E-state index contributed by atoms with van der Waals surface area (Å²) in [6.45, 7) is 2.14. The quantitative estimate of drug-likeness (QED) is 0.878. The first kappa shape index (κ1) is 13.0. The second-order valence-corrected chi connectivity index (χ2v) is 6.22. The number of nitrogen functional groups attached to an aromatic ring is 1. The molecule has 21 heavy (non-hydrogen) atoms. The second-order valence-electron chi connectivity index (χ2n) is 5.82. The summed E-state index contributed by atoms with van der Waals surface area (Å²) in [7, 11) is 0. The number of anilines is 1. The molecule has 1 atom stereocenters. The number of halogens is 1. The Bertz CT molecular complexity index is 665. The van der Waals surface area contributed by atoms with Crippen LogP contribution in [0.4, 0.5) is 5.69 Å². The highest BCUT2D eigenvalue weighted by Crippen LogP contribution is 2.36. The number of benzene rings is 1. The van der Waals surface area contributed by atoms with E-state index in [9.17, 15) is 0 Å². The van der Waals surface area contributed by atoms with Crippen LogP contribution in [0.15, 0.2) is 18.2 Å². The third-order valence-corrected chi connectivity index (χ3v) is 4.72. The van der Waals surface area contributed by atoms with Crippen LogP contribution in [0.5, 0.6) is 0 Å². The Labute approximate surface area is 127 Å². The van der Waals surface area contributed by atoms with E-state index in [2.05, 4.69) is 20.4 Å². The lowest BCUT2D eigenvalue weighted by Gasteiger charge is -2.16. The number of nitrogens with zero attached hydrogens (tertiary/aromatic N) is 5. The van der Waals surface area contributed by atoms with E-state index in [1.165, 1.54) is 12.8 Å². The minimum absolute atomic E-state index is 0.314. The zero-order valence-corrected chi connectivity index (χ0v) is 12.4. The van der Waals surface area contributed by atoms with Crippen molar-refractivity contribution in [2.45, 2.75) is 31.3 Å². The monoisotopic (exact) mass is 304 g/mol. The van der Waals surface area contributed by atoms with Crippen molar-refractivity contribution in [3.05, 3.63) is 23.2 Å². The van der Waals surface area contributed by atoms with Crippen LogP contribution in [-0.2, 0) is 0 Å². The zero-order chi connectivity index (χ0) is 14.4. The number of hydrogen-bond donors (Lipinski definition) is 1. The van der Waals surface area contributed by atoms with Crippen molar-refractivity contribution < 1.29 is 0 Å². The number of rotatable bonds is 3. The molecule has 2 aromatic rings.